The van der Waals surface area contributed by atoms with Crippen molar-refractivity contribution in [2.24, 2.45) is 7.05 Å². The van der Waals surface area contributed by atoms with Crippen molar-refractivity contribution in [3.8, 4) is 0 Å². The highest BCUT2D eigenvalue weighted by atomic mass is 16.6. The van der Waals surface area contributed by atoms with Crippen LogP contribution >= 0.6 is 0 Å². The Morgan fingerprint density at radius 1 is 1.37 bits per heavy atom. The van der Waals surface area contributed by atoms with E-state index in [0.717, 1.165) is 19.5 Å². The molecule has 2 N–H and O–H groups in total. The minimum Gasteiger partial charge on any atom is -0.363 e. The van der Waals surface area contributed by atoms with E-state index < -0.39 is 0 Å². The molecule has 0 spiro atoms. The summed E-state index contributed by atoms with van der Waals surface area (Å²) in [5, 5.41) is 21.8. The van der Waals surface area contributed by atoms with Crippen molar-refractivity contribution in [1.82, 2.24) is 15.1 Å². The van der Waals surface area contributed by atoms with Gasteiger partial charge in [-0.1, -0.05) is 20.8 Å². The highest BCUT2D eigenvalue weighted by Crippen LogP contribution is 2.32. The van der Waals surface area contributed by atoms with Crippen LogP contribution in [0.15, 0.2) is 0 Å². The molecule has 0 atom stereocenters. The summed E-state index contributed by atoms with van der Waals surface area (Å²) < 4.78 is 1.55. The summed E-state index contributed by atoms with van der Waals surface area (Å²) in [5.74, 6) is 0.507. The molecule has 108 valence electrons. The molecule has 1 aromatic rings. The van der Waals surface area contributed by atoms with Crippen molar-refractivity contribution in [1.29, 1.82) is 0 Å². The predicted octanol–water partition coefficient (Wildman–Crippen LogP) is 1.86. The maximum atomic E-state index is 11.2. The molecule has 0 saturated carbocycles. The summed E-state index contributed by atoms with van der Waals surface area (Å²) in [4.78, 5) is 10.8. The summed E-state index contributed by atoms with van der Waals surface area (Å²) in [7, 11) is 1.72. The smallest absolute Gasteiger partial charge is 0.334 e. The van der Waals surface area contributed by atoms with E-state index in [1.165, 1.54) is 0 Å². The molecule has 0 saturated heterocycles. The van der Waals surface area contributed by atoms with Crippen molar-refractivity contribution in [2.75, 3.05) is 25.0 Å². The lowest BCUT2D eigenvalue weighted by Crippen LogP contribution is -2.23. The van der Waals surface area contributed by atoms with Gasteiger partial charge in [0.2, 0.25) is 5.82 Å². The Morgan fingerprint density at radius 2 is 2.05 bits per heavy atom. The van der Waals surface area contributed by atoms with Crippen molar-refractivity contribution in [3.05, 3.63) is 15.8 Å². The van der Waals surface area contributed by atoms with Crippen LogP contribution in [-0.2, 0) is 7.05 Å². The fourth-order valence-electron chi connectivity index (χ4n) is 1.87. The van der Waals surface area contributed by atoms with Gasteiger partial charge in [-0.3, -0.25) is 10.1 Å². The lowest BCUT2D eigenvalue weighted by atomic mass is 10.1. The first kappa shape index (κ1) is 15.4. The first-order valence-corrected chi connectivity index (χ1v) is 6.64. The highest BCUT2D eigenvalue weighted by molar-refractivity contribution is 5.60. The third-order valence-corrected chi connectivity index (χ3v) is 2.80. The van der Waals surface area contributed by atoms with Crippen LogP contribution in [0.3, 0.4) is 0 Å². The standard InChI is InChI=1S/C12H23N5O2/c1-5-6-13-7-8-14-12-11(17(18)19)10(9(2)3)15-16(12)4/h9,13-14H,5-8H2,1-4H3. The van der Waals surface area contributed by atoms with Gasteiger partial charge in [-0.05, 0) is 13.0 Å². The minimum atomic E-state index is -0.357. The van der Waals surface area contributed by atoms with Gasteiger partial charge in [0.15, 0.2) is 0 Å². The second-order valence-electron chi connectivity index (χ2n) is 4.79. The molecule has 1 rings (SSSR count). The van der Waals surface area contributed by atoms with Crippen molar-refractivity contribution >= 4 is 11.5 Å². The van der Waals surface area contributed by atoms with E-state index in [-0.39, 0.29) is 16.5 Å². The van der Waals surface area contributed by atoms with Crippen LogP contribution in [-0.4, -0.2) is 34.3 Å². The molecule has 7 nitrogen and oxygen atoms in total. The summed E-state index contributed by atoms with van der Waals surface area (Å²) >= 11 is 0. The number of hydrogen-bond acceptors (Lipinski definition) is 5. The number of anilines is 1. The van der Waals surface area contributed by atoms with Gasteiger partial charge in [-0.25, -0.2) is 4.68 Å². The van der Waals surface area contributed by atoms with E-state index in [2.05, 4.69) is 22.7 Å². The molecule has 0 unspecified atom stereocenters. The van der Waals surface area contributed by atoms with Crippen LogP contribution in [0.1, 0.15) is 38.8 Å². The molecule has 7 heteroatoms. The average Bonchev–Trinajstić information content (AvgIpc) is 2.67. The fourth-order valence-corrected chi connectivity index (χ4v) is 1.87. The SMILES string of the molecule is CCCNCCNc1c([N+](=O)[O-])c(C(C)C)nn1C. The molecule has 0 aromatic carbocycles. The number of aromatic nitrogens is 2. The molecule has 1 aromatic heterocycles. The zero-order chi connectivity index (χ0) is 14.4. The number of aryl methyl sites for hydroxylation is 1. The summed E-state index contributed by atoms with van der Waals surface area (Å²) in [6.45, 7) is 8.27. The normalized spacial score (nSPS) is 11.0. The molecule has 0 aliphatic heterocycles. The highest BCUT2D eigenvalue weighted by Gasteiger charge is 2.27. The molecule has 0 radical (unpaired) electrons. The number of rotatable bonds is 8. The van der Waals surface area contributed by atoms with E-state index >= 15 is 0 Å². The van der Waals surface area contributed by atoms with Crippen LogP contribution in [0.5, 0.6) is 0 Å². The van der Waals surface area contributed by atoms with Crippen molar-refractivity contribution in [2.45, 2.75) is 33.1 Å². The van der Waals surface area contributed by atoms with Gasteiger partial charge in [-0.2, -0.15) is 5.10 Å². The lowest BCUT2D eigenvalue weighted by molar-refractivity contribution is -0.384. The summed E-state index contributed by atoms with van der Waals surface area (Å²) in [5.41, 5.74) is 0.615. The summed E-state index contributed by atoms with van der Waals surface area (Å²) in [6.07, 6.45) is 1.07. The molecule has 0 fully saturated rings. The van der Waals surface area contributed by atoms with Crippen LogP contribution in [0.25, 0.3) is 0 Å². The Hall–Kier alpha value is -1.63. The van der Waals surface area contributed by atoms with Gasteiger partial charge in [-0.15, -0.1) is 0 Å². The average molecular weight is 269 g/mol. The summed E-state index contributed by atoms with van der Waals surface area (Å²) in [6, 6.07) is 0. The molecule has 19 heavy (non-hydrogen) atoms. The molecule has 1 heterocycles. The van der Waals surface area contributed by atoms with E-state index in [9.17, 15) is 10.1 Å². The molecule has 0 amide bonds. The molecular formula is C12H23N5O2. The topological polar surface area (TPSA) is 85.0 Å². The Bertz CT molecular complexity index is 428. The minimum absolute atomic E-state index is 0.0281. The monoisotopic (exact) mass is 269 g/mol. The number of nitrogens with one attached hydrogen (secondary N) is 2. The zero-order valence-corrected chi connectivity index (χ0v) is 12.1. The van der Waals surface area contributed by atoms with E-state index in [4.69, 9.17) is 0 Å². The second kappa shape index (κ2) is 7.08. The first-order chi connectivity index (χ1) is 8.99. The predicted molar refractivity (Wildman–Crippen MR) is 75.6 cm³/mol. The molecule has 0 bridgehead atoms. The second-order valence-corrected chi connectivity index (χ2v) is 4.79. The Morgan fingerprint density at radius 3 is 2.58 bits per heavy atom. The van der Waals surface area contributed by atoms with Crippen LogP contribution in [0.2, 0.25) is 0 Å². The largest absolute Gasteiger partial charge is 0.363 e. The van der Waals surface area contributed by atoms with Gasteiger partial charge in [0.25, 0.3) is 0 Å². The van der Waals surface area contributed by atoms with E-state index in [1.807, 2.05) is 13.8 Å². The molecule has 0 aliphatic rings. The maximum absolute atomic E-state index is 11.2. The van der Waals surface area contributed by atoms with Crippen molar-refractivity contribution in [3.63, 3.8) is 0 Å². The Labute approximate surface area is 113 Å². The fraction of sp³-hybridized carbons (Fsp3) is 0.750. The maximum Gasteiger partial charge on any atom is 0.334 e. The van der Waals surface area contributed by atoms with Gasteiger partial charge >= 0.3 is 5.69 Å². The Balaban J connectivity index is 2.79. The van der Waals surface area contributed by atoms with E-state index in [1.54, 1.807) is 11.7 Å². The van der Waals surface area contributed by atoms with Gasteiger partial charge in [0.1, 0.15) is 5.69 Å². The zero-order valence-electron chi connectivity index (χ0n) is 12.1. The van der Waals surface area contributed by atoms with Gasteiger partial charge in [0.05, 0.1) is 4.92 Å². The van der Waals surface area contributed by atoms with Gasteiger partial charge < -0.3 is 10.6 Å². The molecular weight excluding hydrogens is 246 g/mol. The number of nitrogens with zero attached hydrogens (tertiary/aromatic N) is 3. The third-order valence-electron chi connectivity index (χ3n) is 2.80. The number of nitro groups is 1. The van der Waals surface area contributed by atoms with Gasteiger partial charge in [0, 0.05) is 26.1 Å². The van der Waals surface area contributed by atoms with Crippen LogP contribution in [0, 0.1) is 10.1 Å². The third kappa shape index (κ3) is 3.92. The Kier molecular flexibility index (Phi) is 5.75. The lowest BCUT2D eigenvalue weighted by Gasteiger charge is -2.06. The molecule has 0 aliphatic carbocycles. The van der Waals surface area contributed by atoms with Crippen molar-refractivity contribution < 1.29 is 4.92 Å². The quantitative estimate of drug-likeness (QED) is 0.427. The first-order valence-electron chi connectivity index (χ1n) is 6.64. The van der Waals surface area contributed by atoms with Crippen LogP contribution in [0.4, 0.5) is 11.5 Å². The van der Waals surface area contributed by atoms with E-state index in [0.29, 0.717) is 18.1 Å². The van der Waals surface area contributed by atoms with Crippen LogP contribution < -0.4 is 10.6 Å². The number of hydrogen-bond donors (Lipinski definition) is 2.